The first-order valence-corrected chi connectivity index (χ1v) is 7.05. The zero-order chi connectivity index (χ0) is 14.7. The van der Waals surface area contributed by atoms with E-state index < -0.39 is 4.92 Å². The van der Waals surface area contributed by atoms with Crippen molar-refractivity contribution in [2.45, 2.75) is 19.4 Å². The third kappa shape index (κ3) is 2.99. The third-order valence-corrected chi connectivity index (χ3v) is 3.63. The van der Waals surface area contributed by atoms with Crippen molar-refractivity contribution in [3.05, 3.63) is 52.3 Å². The maximum absolute atomic E-state index is 10.6. The van der Waals surface area contributed by atoms with Gasteiger partial charge in [0.1, 0.15) is 10.7 Å². The molecule has 0 radical (unpaired) electrons. The average Bonchev–Trinajstić information content (AvgIpc) is 3.17. The molecule has 1 fully saturated rings. The van der Waals surface area contributed by atoms with Gasteiger partial charge in [-0.15, -0.1) is 0 Å². The predicted molar refractivity (Wildman–Crippen MR) is 80.6 cm³/mol. The molecule has 0 aliphatic carbocycles. The van der Waals surface area contributed by atoms with Gasteiger partial charge in [0.25, 0.3) is 0 Å². The molecule has 0 unspecified atom stereocenters. The molecule has 0 amide bonds. The van der Waals surface area contributed by atoms with Crippen LogP contribution in [0.2, 0.25) is 0 Å². The molecule has 110 valence electrons. The fraction of sp³-hybridized carbons (Fsp3) is 0.333. The van der Waals surface area contributed by atoms with Gasteiger partial charge < -0.3 is 14.6 Å². The Morgan fingerprint density at radius 1 is 1.19 bits per heavy atom. The average molecular weight is 287 g/mol. The van der Waals surface area contributed by atoms with E-state index in [1.807, 2.05) is 18.2 Å². The Kier molecular flexibility index (Phi) is 3.77. The van der Waals surface area contributed by atoms with Crippen LogP contribution in [0, 0.1) is 10.1 Å². The van der Waals surface area contributed by atoms with E-state index >= 15 is 0 Å². The molecule has 3 rings (SSSR count). The van der Waals surface area contributed by atoms with Crippen LogP contribution < -0.4 is 10.2 Å². The first kappa shape index (κ1) is 13.5. The number of hydrogen-bond donors (Lipinski definition) is 1. The van der Waals surface area contributed by atoms with Crippen LogP contribution in [0.3, 0.4) is 0 Å². The van der Waals surface area contributed by atoms with Crippen LogP contribution >= 0.6 is 0 Å². The molecule has 1 aliphatic rings. The van der Waals surface area contributed by atoms with Gasteiger partial charge in [-0.05, 0) is 31.0 Å². The Morgan fingerprint density at radius 3 is 2.67 bits per heavy atom. The molecule has 21 heavy (non-hydrogen) atoms. The first-order chi connectivity index (χ1) is 10.2. The molecule has 6 nitrogen and oxygen atoms in total. The number of benzene rings is 1. The van der Waals surface area contributed by atoms with E-state index in [2.05, 4.69) is 16.3 Å². The van der Waals surface area contributed by atoms with Gasteiger partial charge in [0.2, 0.25) is 0 Å². The molecule has 1 saturated heterocycles. The molecule has 0 bridgehead atoms. The summed E-state index contributed by atoms with van der Waals surface area (Å²) >= 11 is 0. The lowest BCUT2D eigenvalue weighted by Crippen LogP contribution is -2.19. The first-order valence-electron chi connectivity index (χ1n) is 7.05. The minimum Gasteiger partial charge on any atom is -0.404 e. The number of hydrogen-bond acceptors (Lipinski definition) is 5. The second kappa shape index (κ2) is 5.87. The molecule has 1 N–H and O–H groups in total. The van der Waals surface area contributed by atoms with Crippen LogP contribution in [0.1, 0.15) is 18.6 Å². The minimum absolute atomic E-state index is 0.223. The number of rotatable bonds is 5. The highest BCUT2D eigenvalue weighted by atomic mass is 16.6. The summed E-state index contributed by atoms with van der Waals surface area (Å²) < 4.78 is 5.16. The van der Waals surface area contributed by atoms with Crippen molar-refractivity contribution >= 4 is 17.3 Å². The number of para-hydroxylation sites is 2. The van der Waals surface area contributed by atoms with Crippen LogP contribution in [0.15, 0.2) is 40.8 Å². The van der Waals surface area contributed by atoms with Gasteiger partial charge in [-0.25, -0.2) is 0 Å². The molecule has 6 heteroatoms. The Morgan fingerprint density at radius 2 is 1.95 bits per heavy atom. The van der Waals surface area contributed by atoms with Gasteiger partial charge in [0, 0.05) is 13.1 Å². The summed E-state index contributed by atoms with van der Waals surface area (Å²) in [5.41, 5.74) is 2.20. The van der Waals surface area contributed by atoms with Crippen LogP contribution in [-0.4, -0.2) is 18.0 Å². The Hall–Kier alpha value is -2.50. The normalized spacial score (nSPS) is 14.4. The summed E-state index contributed by atoms with van der Waals surface area (Å²) in [4.78, 5) is 12.4. The Labute approximate surface area is 122 Å². The highest BCUT2D eigenvalue weighted by Gasteiger charge is 2.16. The molecule has 0 spiro atoms. The lowest BCUT2D eigenvalue weighted by Gasteiger charge is -2.21. The molecule has 1 aliphatic heterocycles. The fourth-order valence-corrected chi connectivity index (χ4v) is 2.60. The predicted octanol–water partition coefficient (Wildman–Crippen LogP) is 3.40. The summed E-state index contributed by atoms with van der Waals surface area (Å²) in [6.07, 6.45) is 2.44. The molecular formula is C15H17N3O3. The van der Waals surface area contributed by atoms with E-state index in [-0.39, 0.29) is 5.88 Å². The fourth-order valence-electron chi connectivity index (χ4n) is 2.60. The van der Waals surface area contributed by atoms with Crippen molar-refractivity contribution in [3.8, 4) is 0 Å². The van der Waals surface area contributed by atoms with Gasteiger partial charge in [-0.1, -0.05) is 12.1 Å². The third-order valence-electron chi connectivity index (χ3n) is 3.63. The van der Waals surface area contributed by atoms with Crippen molar-refractivity contribution in [1.29, 1.82) is 0 Å². The summed E-state index contributed by atoms with van der Waals surface area (Å²) in [6.45, 7) is 2.58. The van der Waals surface area contributed by atoms with E-state index in [1.54, 1.807) is 6.07 Å². The van der Waals surface area contributed by atoms with Gasteiger partial charge in [-0.3, -0.25) is 10.1 Å². The van der Waals surface area contributed by atoms with Crippen LogP contribution in [0.4, 0.5) is 17.3 Å². The lowest BCUT2D eigenvalue weighted by atomic mass is 10.2. The highest BCUT2D eigenvalue weighted by molar-refractivity contribution is 5.70. The SMILES string of the molecule is O=[N+]([O-])c1ccc(CNc2ccccc2N2CCCC2)o1. The standard InChI is InChI=1S/C15H17N3O3/c19-18(20)15-8-7-12(21-15)11-16-13-5-1-2-6-14(13)17-9-3-4-10-17/h1-2,5-8,16H,3-4,9-11H2. The van der Waals surface area contributed by atoms with Gasteiger partial charge in [0.15, 0.2) is 0 Å². The van der Waals surface area contributed by atoms with E-state index in [4.69, 9.17) is 4.42 Å². The summed E-state index contributed by atoms with van der Waals surface area (Å²) in [6, 6.07) is 11.1. The number of furan rings is 1. The van der Waals surface area contributed by atoms with Crippen LogP contribution in [0.25, 0.3) is 0 Å². The zero-order valence-electron chi connectivity index (χ0n) is 11.6. The van der Waals surface area contributed by atoms with Crippen molar-refractivity contribution in [2.75, 3.05) is 23.3 Å². The highest BCUT2D eigenvalue weighted by Crippen LogP contribution is 2.29. The van der Waals surface area contributed by atoms with E-state index in [9.17, 15) is 10.1 Å². The molecule has 2 aromatic rings. The molecule has 1 aromatic heterocycles. The topological polar surface area (TPSA) is 71.6 Å². The van der Waals surface area contributed by atoms with Crippen molar-refractivity contribution in [1.82, 2.24) is 0 Å². The quantitative estimate of drug-likeness (QED) is 0.674. The maximum Gasteiger partial charge on any atom is 0.433 e. The van der Waals surface area contributed by atoms with Gasteiger partial charge in [0.05, 0.1) is 24.0 Å². The lowest BCUT2D eigenvalue weighted by molar-refractivity contribution is -0.402. The smallest absolute Gasteiger partial charge is 0.404 e. The van der Waals surface area contributed by atoms with Crippen molar-refractivity contribution in [2.24, 2.45) is 0 Å². The largest absolute Gasteiger partial charge is 0.433 e. The molecular weight excluding hydrogens is 270 g/mol. The summed E-state index contributed by atoms with van der Waals surface area (Å²) in [5, 5.41) is 13.9. The number of nitrogens with zero attached hydrogens (tertiary/aromatic N) is 2. The zero-order valence-corrected chi connectivity index (χ0v) is 11.6. The summed E-state index contributed by atoms with van der Waals surface area (Å²) in [5.74, 6) is 0.331. The van der Waals surface area contributed by atoms with Crippen LogP contribution in [-0.2, 0) is 6.54 Å². The number of nitrogens with one attached hydrogen (secondary N) is 1. The monoisotopic (exact) mass is 287 g/mol. The van der Waals surface area contributed by atoms with Gasteiger partial charge in [-0.2, -0.15) is 0 Å². The van der Waals surface area contributed by atoms with Crippen molar-refractivity contribution in [3.63, 3.8) is 0 Å². The Bertz CT molecular complexity index is 633. The summed E-state index contributed by atoms with van der Waals surface area (Å²) in [7, 11) is 0. The van der Waals surface area contributed by atoms with E-state index in [1.165, 1.54) is 24.6 Å². The van der Waals surface area contributed by atoms with E-state index in [0.717, 1.165) is 18.8 Å². The number of nitro groups is 1. The molecule has 0 atom stereocenters. The molecule has 1 aromatic carbocycles. The Balaban J connectivity index is 1.71. The second-order valence-corrected chi connectivity index (χ2v) is 5.06. The second-order valence-electron chi connectivity index (χ2n) is 5.06. The minimum atomic E-state index is -0.526. The molecule has 0 saturated carbocycles. The van der Waals surface area contributed by atoms with Crippen LogP contribution in [0.5, 0.6) is 0 Å². The maximum atomic E-state index is 10.6. The molecule has 2 heterocycles. The van der Waals surface area contributed by atoms with E-state index in [0.29, 0.717) is 12.3 Å². The van der Waals surface area contributed by atoms with Crippen molar-refractivity contribution < 1.29 is 9.34 Å². The van der Waals surface area contributed by atoms with Gasteiger partial charge >= 0.3 is 5.88 Å². The number of anilines is 2.